The van der Waals surface area contributed by atoms with Crippen LogP contribution in [0.3, 0.4) is 0 Å². The molecule has 0 atom stereocenters. The highest BCUT2D eigenvalue weighted by Gasteiger charge is 2.12. The summed E-state index contributed by atoms with van der Waals surface area (Å²) in [5.41, 5.74) is 2.09. The number of nitrogens with zero attached hydrogens (tertiary/aromatic N) is 1. The Kier molecular flexibility index (Phi) is 6.12. The number of hydrogen-bond acceptors (Lipinski definition) is 3. The molecular formula is C14H22ClN3O. The van der Waals surface area contributed by atoms with Crippen LogP contribution in [0.2, 0.25) is 5.02 Å². The number of carbonyl (C=O) groups excluding carboxylic acids is 1. The summed E-state index contributed by atoms with van der Waals surface area (Å²) >= 11 is 6.01. The second-order valence-corrected chi connectivity index (χ2v) is 5.32. The smallest absolute Gasteiger partial charge is 0.239 e. The van der Waals surface area contributed by atoms with Gasteiger partial charge in [0, 0.05) is 30.3 Å². The minimum absolute atomic E-state index is 0.0165. The predicted octanol–water partition coefficient (Wildman–Crippen LogP) is 2.02. The Morgan fingerprint density at radius 1 is 1.42 bits per heavy atom. The number of anilines is 1. The van der Waals surface area contributed by atoms with Crippen LogP contribution in [0.25, 0.3) is 0 Å². The van der Waals surface area contributed by atoms with Crippen molar-refractivity contribution in [3.05, 3.63) is 28.8 Å². The molecule has 0 aliphatic carbocycles. The molecule has 0 unspecified atom stereocenters. The fraction of sp³-hybridized carbons (Fsp3) is 0.500. The third kappa shape index (κ3) is 5.09. The maximum atomic E-state index is 11.8. The molecule has 0 spiro atoms. The van der Waals surface area contributed by atoms with Gasteiger partial charge in [-0.2, -0.15) is 0 Å². The van der Waals surface area contributed by atoms with Crippen molar-refractivity contribution in [1.29, 1.82) is 0 Å². The molecule has 1 aromatic rings. The van der Waals surface area contributed by atoms with Crippen LogP contribution in [0.1, 0.15) is 19.4 Å². The lowest BCUT2D eigenvalue weighted by Gasteiger charge is -2.23. The number of amides is 1. The van der Waals surface area contributed by atoms with E-state index in [1.807, 2.05) is 51.0 Å². The lowest BCUT2D eigenvalue weighted by Crippen LogP contribution is -2.38. The van der Waals surface area contributed by atoms with E-state index in [-0.39, 0.29) is 11.9 Å². The monoisotopic (exact) mass is 283 g/mol. The molecule has 0 saturated carbocycles. The van der Waals surface area contributed by atoms with Crippen molar-refractivity contribution in [2.45, 2.75) is 26.4 Å². The Labute approximate surface area is 120 Å². The zero-order valence-electron chi connectivity index (χ0n) is 12.0. The van der Waals surface area contributed by atoms with Crippen LogP contribution < -0.4 is 15.5 Å². The zero-order valence-corrected chi connectivity index (χ0v) is 12.7. The third-order valence-electron chi connectivity index (χ3n) is 2.65. The quantitative estimate of drug-likeness (QED) is 0.840. The van der Waals surface area contributed by atoms with E-state index in [2.05, 4.69) is 10.6 Å². The molecule has 19 heavy (non-hydrogen) atoms. The van der Waals surface area contributed by atoms with Gasteiger partial charge in [0.25, 0.3) is 0 Å². The van der Waals surface area contributed by atoms with E-state index in [0.717, 1.165) is 11.3 Å². The van der Waals surface area contributed by atoms with Gasteiger partial charge < -0.3 is 15.5 Å². The molecule has 106 valence electrons. The molecule has 2 N–H and O–H groups in total. The first-order chi connectivity index (χ1) is 8.93. The average Bonchev–Trinajstić information content (AvgIpc) is 2.27. The maximum absolute atomic E-state index is 11.8. The molecule has 4 nitrogen and oxygen atoms in total. The molecule has 0 heterocycles. The summed E-state index contributed by atoms with van der Waals surface area (Å²) in [7, 11) is 3.79. The highest BCUT2D eigenvalue weighted by Crippen LogP contribution is 2.23. The van der Waals surface area contributed by atoms with E-state index in [0.29, 0.717) is 18.1 Å². The number of rotatable bonds is 6. The minimum atomic E-state index is 0.0165. The molecule has 0 fully saturated rings. The van der Waals surface area contributed by atoms with Crippen molar-refractivity contribution < 1.29 is 4.79 Å². The van der Waals surface area contributed by atoms with Gasteiger partial charge in [0.15, 0.2) is 0 Å². The highest BCUT2D eigenvalue weighted by molar-refractivity contribution is 6.30. The van der Waals surface area contributed by atoms with Crippen LogP contribution in [0.5, 0.6) is 0 Å². The van der Waals surface area contributed by atoms with Gasteiger partial charge in [0.1, 0.15) is 0 Å². The Morgan fingerprint density at radius 2 is 2.11 bits per heavy atom. The summed E-state index contributed by atoms with van der Waals surface area (Å²) in [6.07, 6.45) is 0. The molecule has 0 bridgehead atoms. The van der Waals surface area contributed by atoms with Gasteiger partial charge in [-0.05, 0) is 44.7 Å². The Hall–Kier alpha value is -1.26. The van der Waals surface area contributed by atoms with Crippen molar-refractivity contribution in [3.8, 4) is 0 Å². The number of nitrogens with one attached hydrogen (secondary N) is 2. The summed E-state index contributed by atoms with van der Waals surface area (Å²) in [5, 5.41) is 6.69. The number of halogens is 1. The van der Waals surface area contributed by atoms with Gasteiger partial charge in [-0.1, -0.05) is 11.6 Å². The second-order valence-electron chi connectivity index (χ2n) is 4.88. The van der Waals surface area contributed by atoms with Crippen molar-refractivity contribution in [2.24, 2.45) is 0 Å². The lowest BCUT2D eigenvalue weighted by atomic mass is 10.1. The number of carbonyl (C=O) groups is 1. The Balaban J connectivity index is 2.80. The molecule has 0 aromatic heterocycles. The van der Waals surface area contributed by atoms with Crippen LogP contribution in [0, 0.1) is 0 Å². The van der Waals surface area contributed by atoms with Gasteiger partial charge in [-0.25, -0.2) is 0 Å². The van der Waals surface area contributed by atoms with Crippen molar-refractivity contribution in [3.63, 3.8) is 0 Å². The maximum Gasteiger partial charge on any atom is 0.239 e. The summed E-state index contributed by atoms with van der Waals surface area (Å²) in [4.78, 5) is 13.7. The number of hydrogen-bond donors (Lipinski definition) is 2. The third-order valence-corrected chi connectivity index (χ3v) is 2.89. The summed E-state index contributed by atoms with van der Waals surface area (Å²) < 4.78 is 0. The summed E-state index contributed by atoms with van der Waals surface area (Å²) in [6, 6.07) is 5.86. The number of likely N-dealkylation sites (N-methyl/N-ethyl adjacent to an activating group) is 1. The van der Waals surface area contributed by atoms with Crippen LogP contribution in [-0.4, -0.2) is 32.6 Å². The fourth-order valence-corrected chi connectivity index (χ4v) is 2.12. The van der Waals surface area contributed by atoms with Gasteiger partial charge >= 0.3 is 0 Å². The standard InChI is InChI=1S/C14H22ClN3O/c1-10(2)17-14(19)9-18(4)13-6-5-12(15)7-11(13)8-16-3/h5-7,10,16H,8-9H2,1-4H3,(H,17,19). The first-order valence-corrected chi connectivity index (χ1v) is 6.75. The molecule has 1 rings (SSSR count). The summed E-state index contributed by atoms with van der Waals surface area (Å²) in [5.74, 6) is 0.0165. The topological polar surface area (TPSA) is 44.4 Å². The predicted molar refractivity (Wildman–Crippen MR) is 80.8 cm³/mol. The molecule has 1 amide bonds. The van der Waals surface area contributed by atoms with E-state index in [1.165, 1.54) is 0 Å². The highest BCUT2D eigenvalue weighted by atomic mass is 35.5. The zero-order chi connectivity index (χ0) is 14.4. The largest absolute Gasteiger partial charge is 0.365 e. The van der Waals surface area contributed by atoms with Gasteiger partial charge in [-0.3, -0.25) is 4.79 Å². The van der Waals surface area contributed by atoms with Crippen LogP contribution in [0.15, 0.2) is 18.2 Å². The molecule has 0 radical (unpaired) electrons. The van der Waals surface area contributed by atoms with E-state index in [9.17, 15) is 4.79 Å². The minimum Gasteiger partial charge on any atom is -0.365 e. The molecular weight excluding hydrogens is 262 g/mol. The number of benzene rings is 1. The average molecular weight is 284 g/mol. The summed E-state index contributed by atoms with van der Waals surface area (Å²) in [6.45, 7) is 4.95. The first-order valence-electron chi connectivity index (χ1n) is 6.37. The Morgan fingerprint density at radius 3 is 2.68 bits per heavy atom. The SMILES string of the molecule is CNCc1cc(Cl)ccc1N(C)CC(=O)NC(C)C. The molecule has 0 aliphatic heterocycles. The lowest BCUT2D eigenvalue weighted by molar-refractivity contribution is -0.120. The first kappa shape index (κ1) is 15.8. The van der Waals surface area contributed by atoms with Crippen molar-refractivity contribution in [1.82, 2.24) is 10.6 Å². The van der Waals surface area contributed by atoms with Gasteiger partial charge in [0.05, 0.1) is 6.54 Å². The van der Waals surface area contributed by atoms with E-state index < -0.39 is 0 Å². The van der Waals surface area contributed by atoms with E-state index >= 15 is 0 Å². The van der Waals surface area contributed by atoms with Crippen LogP contribution in [-0.2, 0) is 11.3 Å². The van der Waals surface area contributed by atoms with Gasteiger partial charge in [-0.15, -0.1) is 0 Å². The Bertz CT molecular complexity index is 435. The van der Waals surface area contributed by atoms with Crippen LogP contribution >= 0.6 is 11.6 Å². The van der Waals surface area contributed by atoms with Gasteiger partial charge in [0.2, 0.25) is 5.91 Å². The van der Waals surface area contributed by atoms with Crippen molar-refractivity contribution >= 4 is 23.2 Å². The van der Waals surface area contributed by atoms with E-state index in [4.69, 9.17) is 11.6 Å². The van der Waals surface area contributed by atoms with Crippen LogP contribution in [0.4, 0.5) is 5.69 Å². The second kappa shape index (κ2) is 7.36. The molecule has 0 saturated heterocycles. The fourth-order valence-electron chi connectivity index (χ4n) is 1.93. The van der Waals surface area contributed by atoms with Crippen molar-refractivity contribution in [2.75, 3.05) is 25.5 Å². The van der Waals surface area contributed by atoms with E-state index in [1.54, 1.807) is 0 Å². The molecule has 5 heteroatoms. The molecule has 0 aliphatic rings. The normalized spacial score (nSPS) is 10.6. The molecule has 1 aromatic carbocycles.